The SMILES string of the molecule is COc1cc(C(=O)OCC(=O)Nc2ccccc2C(=O)Nc2ccccc2)ccc1OC(C)C. The number of carbonyl (C=O) groups is 3. The Balaban J connectivity index is 1.61. The third-order valence-corrected chi connectivity index (χ3v) is 4.57. The Hall–Kier alpha value is -4.33. The maximum Gasteiger partial charge on any atom is 0.338 e. The van der Waals surface area contributed by atoms with Crippen LogP contribution in [-0.2, 0) is 9.53 Å². The van der Waals surface area contributed by atoms with Crippen LogP contribution in [0.25, 0.3) is 0 Å². The van der Waals surface area contributed by atoms with Gasteiger partial charge in [0.1, 0.15) is 0 Å². The summed E-state index contributed by atoms with van der Waals surface area (Å²) in [6.07, 6.45) is -0.0620. The molecule has 8 heteroatoms. The molecule has 3 aromatic rings. The van der Waals surface area contributed by atoms with E-state index in [2.05, 4.69) is 10.6 Å². The number of amides is 2. The summed E-state index contributed by atoms with van der Waals surface area (Å²) in [5.74, 6) is -0.780. The van der Waals surface area contributed by atoms with Gasteiger partial charge in [-0.2, -0.15) is 0 Å². The minimum absolute atomic E-state index is 0.0620. The molecule has 0 aliphatic carbocycles. The van der Waals surface area contributed by atoms with E-state index >= 15 is 0 Å². The molecule has 0 radical (unpaired) electrons. The van der Waals surface area contributed by atoms with Gasteiger partial charge in [0.25, 0.3) is 11.8 Å². The van der Waals surface area contributed by atoms with Gasteiger partial charge in [-0.15, -0.1) is 0 Å². The third-order valence-electron chi connectivity index (χ3n) is 4.57. The molecule has 0 fully saturated rings. The summed E-state index contributed by atoms with van der Waals surface area (Å²) in [5.41, 5.74) is 1.41. The van der Waals surface area contributed by atoms with Gasteiger partial charge in [0.2, 0.25) is 0 Å². The number of methoxy groups -OCH3 is 1. The van der Waals surface area contributed by atoms with Gasteiger partial charge in [-0.1, -0.05) is 30.3 Å². The molecule has 0 bridgehead atoms. The van der Waals surface area contributed by atoms with Crippen LogP contribution in [0, 0.1) is 0 Å². The predicted octanol–water partition coefficient (Wildman–Crippen LogP) is 4.53. The van der Waals surface area contributed by atoms with Gasteiger partial charge in [-0.25, -0.2) is 4.79 Å². The van der Waals surface area contributed by atoms with Crippen LogP contribution in [0.5, 0.6) is 11.5 Å². The van der Waals surface area contributed by atoms with E-state index in [1.165, 1.54) is 19.2 Å². The summed E-state index contributed by atoms with van der Waals surface area (Å²) in [5, 5.41) is 5.39. The van der Waals surface area contributed by atoms with Crippen LogP contribution in [0.4, 0.5) is 11.4 Å². The van der Waals surface area contributed by atoms with Crippen molar-refractivity contribution in [2.24, 2.45) is 0 Å². The summed E-state index contributed by atoms with van der Waals surface area (Å²) in [4.78, 5) is 37.5. The van der Waals surface area contributed by atoms with Crippen LogP contribution in [0.1, 0.15) is 34.6 Å². The molecule has 2 amide bonds. The molecule has 34 heavy (non-hydrogen) atoms. The number of hydrogen-bond donors (Lipinski definition) is 2. The fourth-order valence-electron chi connectivity index (χ4n) is 3.06. The van der Waals surface area contributed by atoms with Gasteiger partial charge in [0, 0.05) is 5.69 Å². The van der Waals surface area contributed by atoms with Crippen molar-refractivity contribution in [3.05, 3.63) is 83.9 Å². The monoisotopic (exact) mass is 462 g/mol. The second kappa shape index (κ2) is 11.5. The van der Waals surface area contributed by atoms with E-state index in [0.29, 0.717) is 22.9 Å². The summed E-state index contributed by atoms with van der Waals surface area (Å²) in [6, 6.07) is 20.2. The predicted molar refractivity (Wildman–Crippen MR) is 129 cm³/mol. The molecule has 2 N–H and O–H groups in total. The standard InChI is InChI=1S/C26H26N2O6/c1-17(2)34-22-14-13-18(15-23(22)32-3)26(31)33-16-24(29)28-21-12-8-7-11-20(21)25(30)27-19-9-5-4-6-10-19/h4-15,17H,16H2,1-3H3,(H,27,30)(H,28,29). The fraction of sp³-hybridized carbons (Fsp3) is 0.192. The van der Waals surface area contributed by atoms with Crippen LogP contribution in [-0.4, -0.2) is 37.6 Å². The van der Waals surface area contributed by atoms with Crippen molar-refractivity contribution in [1.29, 1.82) is 0 Å². The number of rotatable bonds is 9. The molecule has 176 valence electrons. The van der Waals surface area contributed by atoms with Crippen molar-refractivity contribution in [2.45, 2.75) is 20.0 Å². The van der Waals surface area contributed by atoms with Gasteiger partial charge < -0.3 is 24.8 Å². The van der Waals surface area contributed by atoms with Crippen molar-refractivity contribution >= 4 is 29.2 Å². The van der Waals surface area contributed by atoms with E-state index in [1.807, 2.05) is 19.9 Å². The molecule has 0 aliphatic heterocycles. The number of hydrogen-bond acceptors (Lipinski definition) is 6. The average Bonchev–Trinajstić information content (AvgIpc) is 2.83. The average molecular weight is 463 g/mol. The highest BCUT2D eigenvalue weighted by molar-refractivity contribution is 6.10. The molecule has 0 saturated carbocycles. The third kappa shape index (κ3) is 6.59. The Labute approximate surface area is 197 Å². The van der Waals surface area contributed by atoms with Crippen LogP contribution < -0.4 is 20.1 Å². The number of benzene rings is 3. The minimum atomic E-state index is -0.695. The first-order valence-corrected chi connectivity index (χ1v) is 10.6. The minimum Gasteiger partial charge on any atom is -0.493 e. The molecule has 0 aromatic heterocycles. The molecular formula is C26H26N2O6. The highest BCUT2D eigenvalue weighted by Gasteiger charge is 2.17. The maximum absolute atomic E-state index is 12.7. The Kier molecular flexibility index (Phi) is 8.23. The highest BCUT2D eigenvalue weighted by Crippen LogP contribution is 2.29. The molecule has 8 nitrogen and oxygen atoms in total. The van der Waals surface area contributed by atoms with E-state index in [0.717, 1.165) is 0 Å². The lowest BCUT2D eigenvalue weighted by atomic mass is 10.1. The number of anilines is 2. The molecule has 0 heterocycles. The van der Waals surface area contributed by atoms with E-state index in [9.17, 15) is 14.4 Å². The van der Waals surface area contributed by atoms with Crippen molar-refractivity contribution in [3.63, 3.8) is 0 Å². The topological polar surface area (TPSA) is 103 Å². The Morgan fingerprint density at radius 1 is 0.853 bits per heavy atom. The van der Waals surface area contributed by atoms with E-state index in [1.54, 1.807) is 54.6 Å². The zero-order valence-electron chi connectivity index (χ0n) is 19.2. The number of nitrogens with one attached hydrogen (secondary N) is 2. The van der Waals surface area contributed by atoms with Crippen molar-refractivity contribution in [3.8, 4) is 11.5 Å². The number of para-hydroxylation sites is 2. The largest absolute Gasteiger partial charge is 0.493 e. The first kappa shape index (κ1) is 24.3. The van der Waals surface area contributed by atoms with Crippen LogP contribution in [0.3, 0.4) is 0 Å². The van der Waals surface area contributed by atoms with E-state index < -0.39 is 18.5 Å². The summed E-state index contributed by atoms with van der Waals surface area (Å²) >= 11 is 0. The van der Waals surface area contributed by atoms with Crippen molar-refractivity contribution < 1.29 is 28.6 Å². The number of esters is 1. The van der Waals surface area contributed by atoms with Crippen molar-refractivity contribution in [1.82, 2.24) is 0 Å². The molecule has 0 spiro atoms. The second-order valence-corrected chi connectivity index (χ2v) is 7.52. The second-order valence-electron chi connectivity index (χ2n) is 7.52. The summed E-state index contributed by atoms with van der Waals surface area (Å²) in [7, 11) is 1.47. The zero-order chi connectivity index (χ0) is 24.5. The lowest BCUT2D eigenvalue weighted by molar-refractivity contribution is -0.119. The van der Waals surface area contributed by atoms with Gasteiger partial charge in [0.15, 0.2) is 18.1 Å². The lowest BCUT2D eigenvalue weighted by Crippen LogP contribution is -2.23. The quantitative estimate of drug-likeness (QED) is 0.453. The molecule has 0 atom stereocenters. The number of carbonyl (C=O) groups excluding carboxylic acids is 3. The zero-order valence-corrected chi connectivity index (χ0v) is 19.2. The smallest absolute Gasteiger partial charge is 0.338 e. The molecule has 3 rings (SSSR count). The van der Waals surface area contributed by atoms with Gasteiger partial charge in [-0.05, 0) is 56.3 Å². The molecule has 0 saturated heterocycles. The Morgan fingerprint density at radius 2 is 1.56 bits per heavy atom. The molecule has 0 unspecified atom stereocenters. The van der Waals surface area contributed by atoms with E-state index in [4.69, 9.17) is 14.2 Å². The molecule has 3 aromatic carbocycles. The summed E-state index contributed by atoms with van der Waals surface area (Å²) < 4.78 is 16.0. The van der Waals surface area contributed by atoms with Crippen LogP contribution in [0.15, 0.2) is 72.8 Å². The van der Waals surface area contributed by atoms with Crippen LogP contribution >= 0.6 is 0 Å². The Morgan fingerprint density at radius 3 is 2.26 bits per heavy atom. The van der Waals surface area contributed by atoms with Crippen molar-refractivity contribution in [2.75, 3.05) is 24.4 Å². The molecule has 0 aliphatic rings. The van der Waals surface area contributed by atoms with Gasteiger partial charge in [-0.3, -0.25) is 9.59 Å². The first-order chi connectivity index (χ1) is 16.4. The summed E-state index contributed by atoms with van der Waals surface area (Å²) in [6.45, 7) is 3.23. The highest BCUT2D eigenvalue weighted by atomic mass is 16.5. The van der Waals surface area contributed by atoms with Gasteiger partial charge >= 0.3 is 5.97 Å². The lowest BCUT2D eigenvalue weighted by Gasteiger charge is -2.14. The maximum atomic E-state index is 12.7. The molecular weight excluding hydrogens is 436 g/mol. The fourth-order valence-corrected chi connectivity index (χ4v) is 3.06. The normalized spacial score (nSPS) is 10.4. The Bertz CT molecular complexity index is 1160. The van der Waals surface area contributed by atoms with Crippen LogP contribution in [0.2, 0.25) is 0 Å². The first-order valence-electron chi connectivity index (χ1n) is 10.6. The number of ether oxygens (including phenoxy) is 3. The van der Waals surface area contributed by atoms with Gasteiger partial charge in [0.05, 0.1) is 30.0 Å². The van der Waals surface area contributed by atoms with E-state index in [-0.39, 0.29) is 23.1 Å².